The summed E-state index contributed by atoms with van der Waals surface area (Å²) in [7, 11) is 0. The highest BCUT2D eigenvalue weighted by molar-refractivity contribution is 5.37. The molecule has 0 aliphatic carbocycles. The van der Waals surface area contributed by atoms with Crippen LogP contribution in [0, 0.1) is 0 Å². The van der Waals surface area contributed by atoms with Crippen LogP contribution in [0.2, 0.25) is 0 Å². The van der Waals surface area contributed by atoms with E-state index >= 15 is 0 Å². The molecule has 1 aliphatic heterocycles. The van der Waals surface area contributed by atoms with Crippen molar-refractivity contribution in [1.29, 1.82) is 0 Å². The molecule has 2 aromatic carbocycles. The minimum atomic E-state index is -0.117. The Labute approximate surface area is 142 Å². The Bertz CT molecular complexity index is 804. The topological polar surface area (TPSA) is 42.1 Å². The molecule has 2 heterocycles. The molecule has 0 bridgehead atoms. The van der Waals surface area contributed by atoms with Crippen molar-refractivity contribution in [2.75, 3.05) is 0 Å². The van der Waals surface area contributed by atoms with Gasteiger partial charge in [-0.2, -0.15) is 0 Å². The summed E-state index contributed by atoms with van der Waals surface area (Å²) < 4.78 is 0. The molecule has 3 aromatic rings. The second kappa shape index (κ2) is 6.56. The second-order valence-corrected chi connectivity index (χ2v) is 6.37. The molecule has 24 heavy (non-hydrogen) atoms. The van der Waals surface area contributed by atoms with Crippen LogP contribution >= 0.6 is 0 Å². The summed E-state index contributed by atoms with van der Waals surface area (Å²) in [5.74, 6) is 0. The van der Waals surface area contributed by atoms with Crippen LogP contribution in [0.1, 0.15) is 33.9 Å². The Morgan fingerprint density at radius 3 is 2.21 bits per heavy atom. The zero-order valence-electron chi connectivity index (χ0n) is 13.6. The third kappa shape index (κ3) is 2.96. The van der Waals surface area contributed by atoms with Crippen molar-refractivity contribution >= 4 is 0 Å². The fourth-order valence-electron chi connectivity index (χ4n) is 3.49. The van der Waals surface area contributed by atoms with E-state index in [4.69, 9.17) is 5.73 Å². The van der Waals surface area contributed by atoms with Gasteiger partial charge in [0.25, 0.3) is 0 Å². The summed E-state index contributed by atoms with van der Waals surface area (Å²) in [5.41, 5.74) is 13.0. The fraction of sp³-hybridized carbons (Fsp3) is 0.190. The molecule has 1 unspecified atom stereocenters. The van der Waals surface area contributed by atoms with E-state index in [0.29, 0.717) is 0 Å². The van der Waals surface area contributed by atoms with E-state index in [-0.39, 0.29) is 6.04 Å². The van der Waals surface area contributed by atoms with Gasteiger partial charge in [0.2, 0.25) is 0 Å². The molecule has 0 saturated heterocycles. The smallest absolute Gasteiger partial charge is 0.0555 e. The quantitative estimate of drug-likeness (QED) is 0.799. The standard InChI is InChI=1S/C21H21N3/c22-21(16-9-11-23-12-10-16)20-8-4-3-7-19(20)15-24-13-17-5-1-2-6-18(17)14-24/h1-12,21H,13-15,22H2. The Morgan fingerprint density at radius 2 is 1.50 bits per heavy atom. The fourth-order valence-corrected chi connectivity index (χ4v) is 3.49. The predicted octanol–water partition coefficient (Wildman–Crippen LogP) is 3.65. The number of nitrogens with zero attached hydrogens (tertiary/aromatic N) is 2. The minimum absolute atomic E-state index is 0.117. The van der Waals surface area contributed by atoms with E-state index in [0.717, 1.165) is 25.2 Å². The molecule has 0 amide bonds. The van der Waals surface area contributed by atoms with Gasteiger partial charge < -0.3 is 5.73 Å². The van der Waals surface area contributed by atoms with Crippen molar-refractivity contribution in [3.05, 3.63) is 101 Å². The van der Waals surface area contributed by atoms with Gasteiger partial charge >= 0.3 is 0 Å². The Balaban J connectivity index is 1.57. The van der Waals surface area contributed by atoms with Crippen LogP contribution in [0.3, 0.4) is 0 Å². The lowest BCUT2D eigenvalue weighted by Gasteiger charge is -2.21. The number of rotatable bonds is 4. The zero-order chi connectivity index (χ0) is 16.4. The summed E-state index contributed by atoms with van der Waals surface area (Å²) in [4.78, 5) is 6.56. The monoisotopic (exact) mass is 315 g/mol. The number of benzene rings is 2. The molecule has 1 atom stereocenters. The summed E-state index contributed by atoms with van der Waals surface area (Å²) in [6.45, 7) is 2.94. The first-order valence-corrected chi connectivity index (χ1v) is 8.34. The first-order valence-electron chi connectivity index (χ1n) is 8.34. The average Bonchev–Trinajstić information content (AvgIpc) is 3.04. The van der Waals surface area contributed by atoms with Crippen molar-refractivity contribution in [3.8, 4) is 0 Å². The molecule has 0 fully saturated rings. The first kappa shape index (κ1) is 15.1. The highest BCUT2D eigenvalue weighted by Gasteiger charge is 2.20. The van der Waals surface area contributed by atoms with Crippen LogP contribution in [0.15, 0.2) is 73.1 Å². The molecule has 3 heteroatoms. The minimum Gasteiger partial charge on any atom is -0.320 e. The van der Waals surface area contributed by atoms with Gasteiger partial charge in [-0.15, -0.1) is 0 Å². The van der Waals surface area contributed by atoms with Crippen LogP contribution in [0.5, 0.6) is 0 Å². The highest BCUT2D eigenvalue weighted by Crippen LogP contribution is 2.27. The molecule has 1 aromatic heterocycles. The van der Waals surface area contributed by atoms with Gasteiger partial charge in [0.1, 0.15) is 0 Å². The summed E-state index contributed by atoms with van der Waals surface area (Å²) >= 11 is 0. The van der Waals surface area contributed by atoms with Crippen LogP contribution in [-0.4, -0.2) is 9.88 Å². The van der Waals surface area contributed by atoms with Crippen molar-refractivity contribution in [2.24, 2.45) is 5.73 Å². The number of hydrogen-bond acceptors (Lipinski definition) is 3. The number of hydrogen-bond donors (Lipinski definition) is 1. The highest BCUT2D eigenvalue weighted by atomic mass is 15.1. The molecule has 2 N–H and O–H groups in total. The molecule has 0 radical (unpaired) electrons. The lowest BCUT2D eigenvalue weighted by molar-refractivity contribution is 0.274. The van der Waals surface area contributed by atoms with Crippen molar-refractivity contribution in [3.63, 3.8) is 0 Å². The van der Waals surface area contributed by atoms with E-state index in [1.54, 1.807) is 12.4 Å². The maximum atomic E-state index is 6.53. The number of pyridine rings is 1. The largest absolute Gasteiger partial charge is 0.320 e. The maximum Gasteiger partial charge on any atom is 0.0555 e. The lowest BCUT2D eigenvalue weighted by atomic mass is 9.95. The van der Waals surface area contributed by atoms with E-state index < -0.39 is 0 Å². The van der Waals surface area contributed by atoms with Crippen molar-refractivity contribution in [1.82, 2.24) is 9.88 Å². The van der Waals surface area contributed by atoms with Gasteiger partial charge in [-0.1, -0.05) is 48.5 Å². The molecular weight excluding hydrogens is 294 g/mol. The number of fused-ring (bicyclic) bond motifs is 1. The number of nitrogens with two attached hydrogens (primary N) is 1. The third-order valence-corrected chi connectivity index (χ3v) is 4.76. The van der Waals surface area contributed by atoms with Crippen LogP contribution in [-0.2, 0) is 19.6 Å². The van der Waals surface area contributed by atoms with E-state index in [2.05, 4.69) is 58.4 Å². The van der Waals surface area contributed by atoms with Gasteiger partial charge in [0.15, 0.2) is 0 Å². The molecular formula is C21H21N3. The van der Waals surface area contributed by atoms with Crippen molar-refractivity contribution < 1.29 is 0 Å². The van der Waals surface area contributed by atoms with Gasteiger partial charge in [-0.25, -0.2) is 0 Å². The van der Waals surface area contributed by atoms with Gasteiger partial charge in [-0.05, 0) is 39.9 Å². The van der Waals surface area contributed by atoms with E-state index in [9.17, 15) is 0 Å². The molecule has 0 saturated carbocycles. The lowest BCUT2D eigenvalue weighted by Crippen LogP contribution is -2.20. The summed E-state index contributed by atoms with van der Waals surface area (Å²) in [6, 6.07) is 21.1. The van der Waals surface area contributed by atoms with Crippen LogP contribution < -0.4 is 5.73 Å². The molecule has 0 spiro atoms. The van der Waals surface area contributed by atoms with Crippen LogP contribution in [0.25, 0.3) is 0 Å². The van der Waals surface area contributed by atoms with Gasteiger partial charge in [0.05, 0.1) is 6.04 Å². The molecule has 3 nitrogen and oxygen atoms in total. The average molecular weight is 315 g/mol. The predicted molar refractivity (Wildman–Crippen MR) is 96.1 cm³/mol. The van der Waals surface area contributed by atoms with E-state index in [1.807, 2.05) is 12.1 Å². The SMILES string of the molecule is NC(c1ccncc1)c1ccccc1CN1Cc2ccccc2C1. The second-order valence-electron chi connectivity index (χ2n) is 6.37. The molecule has 120 valence electrons. The van der Waals surface area contributed by atoms with Crippen molar-refractivity contribution in [2.45, 2.75) is 25.7 Å². The van der Waals surface area contributed by atoms with E-state index in [1.165, 1.54) is 22.3 Å². The van der Waals surface area contributed by atoms with Crippen LogP contribution in [0.4, 0.5) is 0 Å². The Hall–Kier alpha value is -2.49. The zero-order valence-corrected chi connectivity index (χ0v) is 13.6. The summed E-state index contributed by atoms with van der Waals surface area (Å²) in [5, 5.41) is 0. The van der Waals surface area contributed by atoms with Gasteiger partial charge in [0, 0.05) is 32.0 Å². The summed E-state index contributed by atoms with van der Waals surface area (Å²) in [6.07, 6.45) is 3.60. The van der Waals surface area contributed by atoms with Gasteiger partial charge in [-0.3, -0.25) is 9.88 Å². The number of aromatic nitrogens is 1. The third-order valence-electron chi connectivity index (χ3n) is 4.76. The molecule has 1 aliphatic rings. The molecule has 4 rings (SSSR count). The Kier molecular flexibility index (Phi) is 4.11. The Morgan fingerprint density at radius 1 is 0.875 bits per heavy atom. The first-order chi connectivity index (χ1) is 11.8. The maximum absolute atomic E-state index is 6.53. The normalized spacial score (nSPS) is 15.2.